The lowest BCUT2D eigenvalue weighted by atomic mass is 10.2. The van der Waals surface area contributed by atoms with Crippen LogP contribution in [0.3, 0.4) is 0 Å². The van der Waals surface area contributed by atoms with Gasteiger partial charge in [0.25, 0.3) is 5.91 Å². The molecule has 0 aliphatic carbocycles. The average Bonchev–Trinajstić information content (AvgIpc) is 3.42. The fourth-order valence-corrected chi connectivity index (χ4v) is 4.39. The van der Waals surface area contributed by atoms with Crippen LogP contribution in [0.1, 0.15) is 36.1 Å². The third-order valence-corrected chi connectivity index (χ3v) is 6.16. The van der Waals surface area contributed by atoms with Crippen molar-refractivity contribution in [3.05, 3.63) is 51.2 Å². The zero-order valence-electron chi connectivity index (χ0n) is 17.4. The quantitative estimate of drug-likeness (QED) is 0.464. The zero-order chi connectivity index (χ0) is 22.2. The highest BCUT2D eigenvalue weighted by Gasteiger charge is 2.34. The van der Waals surface area contributed by atoms with Crippen molar-refractivity contribution in [1.29, 1.82) is 0 Å². The molecule has 9 heteroatoms. The third-order valence-electron chi connectivity index (χ3n) is 5.05. The molecule has 1 aromatic heterocycles. The molecule has 7 nitrogen and oxygen atoms in total. The summed E-state index contributed by atoms with van der Waals surface area (Å²) in [7, 11) is 0. The Kier molecular flexibility index (Phi) is 8.31. The highest BCUT2D eigenvalue weighted by atomic mass is 35.5. The van der Waals surface area contributed by atoms with Crippen LogP contribution in [-0.4, -0.2) is 41.8 Å². The number of carbonyl (C=O) groups is 3. The SMILES string of the molecule is Cc1cc(Cl)ccc1OCCCC(=O)NNC(=O)C1CCCN1C(=O)Cc1cccs1. The summed E-state index contributed by atoms with van der Waals surface area (Å²) in [6, 6.07) is 8.62. The number of halogens is 1. The second-order valence-electron chi connectivity index (χ2n) is 7.40. The number of hydrazine groups is 1. The van der Waals surface area contributed by atoms with Crippen LogP contribution in [0.15, 0.2) is 35.7 Å². The molecule has 0 radical (unpaired) electrons. The van der Waals surface area contributed by atoms with Crippen molar-refractivity contribution in [3.63, 3.8) is 0 Å². The van der Waals surface area contributed by atoms with E-state index in [9.17, 15) is 14.4 Å². The molecule has 3 amide bonds. The first-order valence-corrected chi connectivity index (χ1v) is 11.5. The average molecular weight is 464 g/mol. The van der Waals surface area contributed by atoms with Crippen LogP contribution in [0, 0.1) is 6.92 Å². The third kappa shape index (κ3) is 6.70. The van der Waals surface area contributed by atoms with E-state index in [1.807, 2.05) is 30.5 Å². The van der Waals surface area contributed by atoms with Crippen LogP contribution in [0.5, 0.6) is 5.75 Å². The smallest absolute Gasteiger partial charge is 0.261 e. The zero-order valence-corrected chi connectivity index (χ0v) is 18.9. The van der Waals surface area contributed by atoms with E-state index in [1.165, 1.54) is 11.3 Å². The van der Waals surface area contributed by atoms with E-state index in [4.69, 9.17) is 16.3 Å². The summed E-state index contributed by atoms with van der Waals surface area (Å²) in [6.07, 6.45) is 2.36. The van der Waals surface area contributed by atoms with Crippen molar-refractivity contribution >= 4 is 40.7 Å². The first-order valence-electron chi connectivity index (χ1n) is 10.2. The number of likely N-dealkylation sites (tertiary alicyclic amines) is 1. The van der Waals surface area contributed by atoms with Crippen molar-refractivity contribution in [2.24, 2.45) is 0 Å². The molecule has 1 atom stereocenters. The monoisotopic (exact) mass is 463 g/mol. The summed E-state index contributed by atoms with van der Waals surface area (Å²) in [4.78, 5) is 39.6. The minimum absolute atomic E-state index is 0.0685. The predicted octanol–water partition coefficient (Wildman–Crippen LogP) is 3.25. The standard InChI is InChI=1S/C22H26ClN3O4S/c1-15-13-16(23)8-9-19(15)30-11-3-7-20(27)24-25-22(29)18-6-2-10-26(18)21(28)14-17-5-4-12-31-17/h4-5,8-9,12-13,18H,2-3,6-7,10-11,14H2,1H3,(H,24,27)(H,25,29). The van der Waals surface area contributed by atoms with Gasteiger partial charge in [0.1, 0.15) is 11.8 Å². The summed E-state index contributed by atoms with van der Waals surface area (Å²) in [6.45, 7) is 2.83. The van der Waals surface area contributed by atoms with E-state index in [2.05, 4.69) is 10.9 Å². The van der Waals surface area contributed by atoms with Gasteiger partial charge in [-0.1, -0.05) is 17.7 Å². The fourth-order valence-electron chi connectivity index (χ4n) is 3.47. The molecule has 3 rings (SSSR count). The van der Waals surface area contributed by atoms with Gasteiger partial charge in [0, 0.05) is 22.9 Å². The number of ether oxygens (including phenoxy) is 1. The van der Waals surface area contributed by atoms with Crippen LogP contribution in [0.2, 0.25) is 5.02 Å². The van der Waals surface area contributed by atoms with Crippen LogP contribution < -0.4 is 15.6 Å². The van der Waals surface area contributed by atoms with Crippen molar-refractivity contribution in [1.82, 2.24) is 15.8 Å². The van der Waals surface area contributed by atoms with Gasteiger partial charge < -0.3 is 9.64 Å². The fraction of sp³-hybridized carbons (Fsp3) is 0.409. The molecule has 1 aliphatic heterocycles. The number of thiophene rings is 1. The number of aryl methyl sites for hydroxylation is 1. The number of rotatable bonds is 8. The number of benzene rings is 1. The van der Waals surface area contributed by atoms with Crippen molar-refractivity contribution in [2.75, 3.05) is 13.2 Å². The summed E-state index contributed by atoms with van der Waals surface area (Å²) in [5, 5.41) is 2.57. The lowest BCUT2D eigenvalue weighted by Crippen LogP contribution is -2.51. The Labute approximate surface area is 190 Å². The summed E-state index contributed by atoms with van der Waals surface area (Å²) < 4.78 is 5.66. The number of nitrogens with one attached hydrogen (secondary N) is 2. The Morgan fingerprint density at radius 1 is 1.26 bits per heavy atom. The Morgan fingerprint density at radius 3 is 2.84 bits per heavy atom. The number of amides is 3. The summed E-state index contributed by atoms with van der Waals surface area (Å²) in [5.74, 6) is -0.00891. The van der Waals surface area contributed by atoms with Crippen LogP contribution >= 0.6 is 22.9 Å². The number of hydrogen-bond acceptors (Lipinski definition) is 5. The van der Waals surface area contributed by atoms with E-state index in [0.717, 1.165) is 22.6 Å². The van der Waals surface area contributed by atoms with Crippen LogP contribution in [-0.2, 0) is 20.8 Å². The minimum atomic E-state index is -0.552. The first kappa shape index (κ1) is 23.1. The summed E-state index contributed by atoms with van der Waals surface area (Å²) >= 11 is 7.44. The van der Waals surface area contributed by atoms with E-state index >= 15 is 0 Å². The van der Waals surface area contributed by atoms with Gasteiger partial charge in [0.15, 0.2) is 0 Å². The van der Waals surface area contributed by atoms with Crippen molar-refractivity contribution in [2.45, 2.75) is 45.1 Å². The molecule has 1 unspecified atom stereocenters. The molecule has 0 spiro atoms. The topological polar surface area (TPSA) is 87.7 Å². The van der Waals surface area contributed by atoms with E-state index in [1.54, 1.807) is 17.0 Å². The molecule has 1 fully saturated rings. The van der Waals surface area contributed by atoms with Crippen LogP contribution in [0.25, 0.3) is 0 Å². The Balaban J connectivity index is 1.37. The van der Waals surface area contributed by atoms with E-state index in [-0.39, 0.29) is 24.1 Å². The molecule has 0 saturated carbocycles. The maximum Gasteiger partial charge on any atom is 0.261 e. The molecule has 166 valence electrons. The second-order valence-corrected chi connectivity index (χ2v) is 8.87. The minimum Gasteiger partial charge on any atom is -0.493 e. The number of carbonyl (C=O) groups excluding carboxylic acids is 3. The highest BCUT2D eigenvalue weighted by Crippen LogP contribution is 2.22. The molecule has 2 aromatic rings. The second kappa shape index (κ2) is 11.2. The Hall–Kier alpha value is -2.58. The van der Waals surface area contributed by atoms with Crippen molar-refractivity contribution in [3.8, 4) is 5.75 Å². The van der Waals surface area contributed by atoms with Gasteiger partial charge >= 0.3 is 0 Å². The van der Waals surface area contributed by atoms with Gasteiger partial charge in [0.2, 0.25) is 11.8 Å². The molecule has 0 bridgehead atoms. The van der Waals surface area contributed by atoms with E-state index < -0.39 is 6.04 Å². The number of nitrogens with zero attached hydrogens (tertiary/aromatic N) is 1. The molecule has 1 aromatic carbocycles. The Morgan fingerprint density at radius 2 is 2.10 bits per heavy atom. The highest BCUT2D eigenvalue weighted by molar-refractivity contribution is 7.10. The Bertz CT molecular complexity index is 919. The maximum atomic E-state index is 12.5. The number of hydrogen-bond donors (Lipinski definition) is 2. The molecular formula is C22H26ClN3O4S. The lowest BCUT2D eigenvalue weighted by molar-refractivity contribution is -0.139. The largest absolute Gasteiger partial charge is 0.493 e. The van der Waals surface area contributed by atoms with Gasteiger partial charge in [-0.15, -0.1) is 11.3 Å². The molecule has 2 heterocycles. The maximum absolute atomic E-state index is 12.5. The molecule has 1 aliphatic rings. The molecule has 2 N–H and O–H groups in total. The van der Waals surface area contributed by atoms with E-state index in [0.29, 0.717) is 37.4 Å². The predicted molar refractivity (Wildman–Crippen MR) is 120 cm³/mol. The van der Waals surface area contributed by atoms with Gasteiger partial charge in [-0.05, 0) is 61.4 Å². The van der Waals surface area contributed by atoms with Crippen molar-refractivity contribution < 1.29 is 19.1 Å². The van der Waals surface area contributed by atoms with Gasteiger partial charge in [-0.3, -0.25) is 25.2 Å². The molecule has 1 saturated heterocycles. The van der Waals surface area contributed by atoms with Crippen LogP contribution in [0.4, 0.5) is 0 Å². The molecule has 31 heavy (non-hydrogen) atoms. The van der Waals surface area contributed by atoms with Gasteiger partial charge in [-0.2, -0.15) is 0 Å². The molecular weight excluding hydrogens is 438 g/mol. The first-order chi connectivity index (χ1) is 14.9. The summed E-state index contributed by atoms with van der Waals surface area (Å²) in [5.41, 5.74) is 5.82. The lowest BCUT2D eigenvalue weighted by Gasteiger charge is -2.24. The normalized spacial score (nSPS) is 15.5. The van der Waals surface area contributed by atoms with Gasteiger partial charge in [0.05, 0.1) is 13.0 Å². The van der Waals surface area contributed by atoms with Gasteiger partial charge in [-0.25, -0.2) is 0 Å².